The number of piperidine rings is 1. The normalized spacial score (nSPS) is 17.2. The lowest BCUT2D eigenvalue weighted by Gasteiger charge is -2.34. The van der Waals surface area contributed by atoms with Crippen molar-refractivity contribution in [2.45, 2.75) is 46.6 Å². The molecule has 116 valence electrons. The number of carbonyl (C=O) groups is 2. The summed E-state index contributed by atoms with van der Waals surface area (Å²) < 4.78 is 0. The van der Waals surface area contributed by atoms with Gasteiger partial charge in [-0.05, 0) is 32.6 Å². The first-order valence-electron chi connectivity index (χ1n) is 7.55. The summed E-state index contributed by atoms with van der Waals surface area (Å²) in [6.45, 7) is 11.0. The van der Waals surface area contributed by atoms with Gasteiger partial charge in [-0.3, -0.25) is 14.5 Å². The summed E-state index contributed by atoms with van der Waals surface area (Å²) in [5, 5.41) is 8.97. The second-order valence-corrected chi connectivity index (χ2v) is 6.41. The first kappa shape index (κ1) is 17.0. The van der Waals surface area contributed by atoms with Crippen LogP contribution < -0.4 is 0 Å². The number of hydrogen-bond donors (Lipinski definition) is 1. The molecule has 1 heterocycles. The molecular formula is C15H28N2O3. The molecule has 0 spiro atoms. The van der Waals surface area contributed by atoms with Gasteiger partial charge in [-0.2, -0.15) is 0 Å². The third kappa shape index (κ3) is 5.12. The first-order valence-corrected chi connectivity index (χ1v) is 7.55. The Balaban J connectivity index is 2.47. The summed E-state index contributed by atoms with van der Waals surface area (Å²) in [6.07, 6.45) is 1.15. The van der Waals surface area contributed by atoms with Crippen LogP contribution in [0.15, 0.2) is 0 Å². The Morgan fingerprint density at radius 2 is 1.75 bits per heavy atom. The van der Waals surface area contributed by atoms with E-state index in [0.29, 0.717) is 44.4 Å². The van der Waals surface area contributed by atoms with Crippen molar-refractivity contribution in [2.75, 3.05) is 26.2 Å². The average Bonchev–Trinajstić information content (AvgIpc) is 2.37. The van der Waals surface area contributed by atoms with Crippen molar-refractivity contribution in [3.8, 4) is 0 Å². The lowest BCUT2D eigenvalue weighted by molar-refractivity contribution is -0.146. The number of aliphatic carboxylic acids is 1. The van der Waals surface area contributed by atoms with Gasteiger partial charge in [0.2, 0.25) is 5.91 Å². The monoisotopic (exact) mass is 284 g/mol. The summed E-state index contributed by atoms with van der Waals surface area (Å²) >= 11 is 0. The van der Waals surface area contributed by atoms with Crippen molar-refractivity contribution in [1.29, 1.82) is 0 Å². The van der Waals surface area contributed by atoms with Gasteiger partial charge in [-0.25, -0.2) is 0 Å². The summed E-state index contributed by atoms with van der Waals surface area (Å²) in [7, 11) is 0. The van der Waals surface area contributed by atoms with E-state index in [9.17, 15) is 9.59 Å². The quantitative estimate of drug-likeness (QED) is 0.806. The highest BCUT2D eigenvalue weighted by atomic mass is 16.4. The number of rotatable bonds is 6. The second kappa shape index (κ2) is 7.62. The maximum atomic E-state index is 12.3. The van der Waals surface area contributed by atoms with E-state index in [1.807, 2.05) is 4.90 Å². The molecule has 1 aliphatic heterocycles. The molecule has 0 aromatic heterocycles. The lowest BCUT2D eigenvalue weighted by Crippen LogP contribution is -2.47. The number of carbonyl (C=O) groups excluding carboxylic acids is 1. The minimum Gasteiger partial charge on any atom is -0.481 e. The standard InChI is InChI=1S/C15H28N2O3/c1-11(2)9-17(12(3)4)10-14(18)16-7-5-13(6-8-16)15(19)20/h11-13H,5-10H2,1-4H3,(H,19,20). The van der Waals surface area contributed by atoms with E-state index < -0.39 is 5.97 Å². The molecule has 0 saturated carbocycles. The molecule has 0 bridgehead atoms. The fraction of sp³-hybridized carbons (Fsp3) is 0.867. The van der Waals surface area contributed by atoms with Gasteiger partial charge < -0.3 is 10.0 Å². The van der Waals surface area contributed by atoms with Crippen LogP contribution in [0.5, 0.6) is 0 Å². The Morgan fingerprint density at radius 3 is 2.15 bits per heavy atom. The molecule has 5 nitrogen and oxygen atoms in total. The Kier molecular flexibility index (Phi) is 6.46. The Labute approximate surface area is 121 Å². The van der Waals surface area contributed by atoms with Crippen molar-refractivity contribution >= 4 is 11.9 Å². The van der Waals surface area contributed by atoms with E-state index in [0.717, 1.165) is 6.54 Å². The molecule has 1 amide bonds. The van der Waals surface area contributed by atoms with Crippen molar-refractivity contribution in [1.82, 2.24) is 9.80 Å². The zero-order valence-electron chi connectivity index (χ0n) is 13.1. The zero-order chi connectivity index (χ0) is 15.3. The molecule has 0 aromatic carbocycles. The predicted octanol–water partition coefficient (Wildman–Crippen LogP) is 1.68. The molecule has 0 atom stereocenters. The van der Waals surface area contributed by atoms with E-state index in [-0.39, 0.29) is 11.8 Å². The van der Waals surface area contributed by atoms with Gasteiger partial charge in [0.05, 0.1) is 12.5 Å². The van der Waals surface area contributed by atoms with Crippen LogP contribution in [0.25, 0.3) is 0 Å². The van der Waals surface area contributed by atoms with Crippen LogP contribution in [0.3, 0.4) is 0 Å². The van der Waals surface area contributed by atoms with Crippen molar-refractivity contribution < 1.29 is 14.7 Å². The van der Waals surface area contributed by atoms with Crippen LogP contribution in [0.2, 0.25) is 0 Å². The van der Waals surface area contributed by atoms with Crippen molar-refractivity contribution in [2.24, 2.45) is 11.8 Å². The molecule has 0 aromatic rings. The van der Waals surface area contributed by atoms with Gasteiger partial charge in [-0.1, -0.05) is 13.8 Å². The number of likely N-dealkylation sites (tertiary alicyclic amines) is 1. The largest absolute Gasteiger partial charge is 0.481 e. The smallest absolute Gasteiger partial charge is 0.306 e. The minimum atomic E-state index is -0.735. The van der Waals surface area contributed by atoms with Gasteiger partial charge in [0.1, 0.15) is 0 Å². The molecule has 1 rings (SSSR count). The van der Waals surface area contributed by atoms with E-state index in [1.165, 1.54) is 0 Å². The van der Waals surface area contributed by atoms with E-state index in [1.54, 1.807) is 0 Å². The Bertz CT molecular complexity index is 334. The Morgan fingerprint density at radius 1 is 1.20 bits per heavy atom. The van der Waals surface area contributed by atoms with Crippen molar-refractivity contribution in [3.63, 3.8) is 0 Å². The minimum absolute atomic E-state index is 0.128. The maximum Gasteiger partial charge on any atom is 0.306 e. The van der Waals surface area contributed by atoms with Crippen LogP contribution in [0, 0.1) is 11.8 Å². The summed E-state index contributed by atoms with van der Waals surface area (Å²) in [4.78, 5) is 27.2. The van der Waals surface area contributed by atoms with Gasteiger partial charge >= 0.3 is 5.97 Å². The van der Waals surface area contributed by atoms with E-state index in [2.05, 4.69) is 32.6 Å². The van der Waals surface area contributed by atoms with Crippen LogP contribution in [-0.2, 0) is 9.59 Å². The predicted molar refractivity (Wildman–Crippen MR) is 78.5 cm³/mol. The number of nitrogens with zero attached hydrogens (tertiary/aromatic N) is 2. The van der Waals surface area contributed by atoms with Crippen LogP contribution >= 0.6 is 0 Å². The Hall–Kier alpha value is -1.10. The molecule has 0 radical (unpaired) electrons. The molecule has 0 unspecified atom stereocenters. The van der Waals surface area contributed by atoms with Crippen LogP contribution in [0.1, 0.15) is 40.5 Å². The number of amides is 1. The lowest BCUT2D eigenvalue weighted by atomic mass is 9.97. The summed E-state index contributed by atoms with van der Waals surface area (Å²) in [5.41, 5.74) is 0. The third-order valence-electron chi connectivity index (χ3n) is 3.87. The molecular weight excluding hydrogens is 256 g/mol. The van der Waals surface area contributed by atoms with Gasteiger partial charge in [0, 0.05) is 25.7 Å². The SMILES string of the molecule is CC(C)CN(CC(=O)N1CCC(C(=O)O)CC1)C(C)C. The highest BCUT2D eigenvalue weighted by molar-refractivity contribution is 5.79. The fourth-order valence-corrected chi connectivity index (χ4v) is 2.58. The number of carboxylic acid groups (broad SMARTS) is 1. The molecule has 1 aliphatic rings. The molecule has 1 saturated heterocycles. The van der Waals surface area contributed by atoms with Gasteiger partial charge in [0.15, 0.2) is 0 Å². The number of carboxylic acids is 1. The molecule has 1 N–H and O–H groups in total. The van der Waals surface area contributed by atoms with E-state index >= 15 is 0 Å². The highest BCUT2D eigenvalue weighted by Crippen LogP contribution is 2.17. The average molecular weight is 284 g/mol. The molecule has 20 heavy (non-hydrogen) atoms. The maximum absolute atomic E-state index is 12.3. The molecule has 5 heteroatoms. The fourth-order valence-electron chi connectivity index (χ4n) is 2.58. The second-order valence-electron chi connectivity index (χ2n) is 6.41. The summed E-state index contributed by atoms with van der Waals surface area (Å²) in [6, 6.07) is 0.345. The van der Waals surface area contributed by atoms with Crippen molar-refractivity contribution in [3.05, 3.63) is 0 Å². The van der Waals surface area contributed by atoms with Crippen LogP contribution in [-0.4, -0.2) is 59.0 Å². The van der Waals surface area contributed by atoms with Gasteiger partial charge in [-0.15, -0.1) is 0 Å². The number of hydrogen-bond acceptors (Lipinski definition) is 3. The molecule has 0 aliphatic carbocycles. The first-order chi connectivity index (χ1) is 9.31. The third-order valence-corrected chi connectivity index (χ3v) is 3.87. The van der Waals surface area contributed by atoms with Crippen LogP contribution in [0.4, 0.5) is 0 Å². The zero-order valence-corrected chi connectivity index (χ0v) is 13.1. The topological polar surface area (TPSA) is 60.9 Å². The highest BCUT2D eigenvalue weighted by Gasteiger charge is 2.28. The van der Waals surface area contributed by atoms with Gasteiger partial charge in [0.25, 0.3) is 0 Å². The summed E-state index contributed by atoms with van der Waals surface area (Å²) in [5.74, 6) is -0.359. The molecule has 1 fully saturated rings. The van der Waals surface area contributed by atoms with E-state index in [4.69, 9.17) is 5.11 Å².